The Bertz CT molecular complexity index is 689. The van der Waals surface area contributed by atoms with Crippen molar-refractivity contribution in [1.82, 2.24) is 4.98 Å². The lowest BCUT2D eigenvalue weighted by atomic mass is 10.1. The Kier molecular flexibility index (Phi) is 3.71. The molecule has 0 aliphatic carbocycles. The maximum atomic E-state index is 11.2. The molecule has 0 unspecified atom stereocenters. The summed E-state index contributed by atoms with van der Waals surface area (Å²) < 4.78 is 0. The number of thiophene rings is 1. The van der Waals surface area contributed by atoms with E-state index in [1.165, 1.54) is 30.6 Å². The Morgan fingerprint density at radius 3 is 2.76 bits per heavy atom. The minimum atomic E-state index is -0.357. The summed E-state index contributed by atoms with van der Waals surface area (Å²) in [6, 6.07) is 2.10. The lowest BCUT2D eigenvalue weighted by molar-refractivity contribution is -0.117. The zero-order valence-corrected chi connectivity index (χ0v) is 13.0. The van der Waals surface area contributed by atoms with Gasteiger partial charge in [-0.15, -0.1) is 11.3 Å². The van der Waals surface area contributed by atoms with Gasteiger partial charge in [-0.1, -0.05) is 0 Å². The molecule has 1 saturated heterocycles. The number of fused-ring (bicyclic) bond motifs is 1. The number of hydrogen-bond acceptors (Lipinski definition) is 5. The molecule has 3 heterocycles. The summed E-state index contributed by atoms with van der Waals surface area (Å²) in [4.78, 5) is 19.9. The molecule has 6 heteroatoms. The van der Waals surface area contributed by atoms with Crippen molar-refractivity contribution in [3.05, 3.63) is 16.6 Å². The molecule has 2 aromatic heterocycles. The van der Waals surface area contributed by atoms with Gasteiger partial charge in [0, 0.05) is 23.7 Å². The first-order valence-corrected chi connectivity index (χ1v) is 8.09. The normalized spacial score (nSPS) is 15.6. The van der Waals surface area contributed by atoms with Crippen molar-refractivity contribution in [2.45, 2.75) is 32.6 Å². The van der Waals surface area contributed by atoms with Gasteiger partial charge >= 0.3 is 0 Å². The van der Waals surface area contributed by atoms with Crippen LogP contribution in [0, 0.1) is 6.92 Å². The van der Waals surface area contributed by atoms with Crippen LogP contribution in [0.15, 0.2) is 6.07 Å². The van der Waals surface area contributed by atoms with Gasteiger partial charge in [0.15, 0.2) is 0 Å². The first-order valence-electron chi connectivity index (χ1n) is 7.28. The number of rotatable bonds is 3. The molecule has 0 saturated carbocycles. The molecule has 1 aliphatic heterocycles. The second-order valence-corrected chi connectivity index (χ2v) is 6.68. The molecule has 21 heavy (non-hydrogen) atoms. The number of amides is 1. The third-order valence-corrected chi connectivity index (χ3v) is 5.01. The number of primary amides is 1. The van der Waals surface area contributed by atoms with Gasteiger partial charge in [0.1, 0.15) is 4.83 Å². The maximum Gasteiger partial charge on any atom is 0.222 e. The van der Waals surface area contributed by atoms with Crippen LogP contribution in [-0.4, -0.2) is 24.0 Å². The molecule has 0 spiro atoms. The van der Waals surface area contributed by atoms with Gasteiger partial charge in [-0.25, -0.2) is 4.98 Å². The lowest BCUT2D eigenvalue weighted by Gasteiger charge is -2.29. The zero-order valence-electron chi connectivity index (χ0n) is 12.2. The number of carbonyl (C=O) groups is 1. The Morgan fingerprint density at radius 1 is 1.38 bits per heavy atom. The van der Waals surface area contributed by atoms with E-state index in [-0.39, 0.29) is 12.3 Å². The number of aromatic nitrogens is 1. The molecule has 5 nitrogen and oxygen atoms in total. The fourth-order valence-electron chi connectivity index (χ4n) is 2.94. The summed E-state index contributed by atoms with van der Waals surface area (Å²) in [6.07, 6.45) is 3.89. The second kappa shape index (κ2) is 5.52. The van der Waals surface area contributed by atoms with E-state index in [1.54, 1.807) is 0 Å². The standard InChI is InChI=1S/C15H20N4OS/c1-9-7-10(19-5-3-2-4-6-19)13-14(17)11(8-12(16)20)21-15(13)18-9/h7H,2-6,8,17H2,1H3,(H2,16,20). The number of nitrogen functional groups attached to an aromatic ring is 1. The Morgan fingerprint density at radius 2 is 2.10 bits per heavy atom. The van der Waals surface area contributed by atoms with Gasteiger partial charge in [0.05, 0.1) is 23.2 Å². The topological polar surface area (TPSA) is 85.2 Å². The number of piperidine rings is 1. The summed E-state index contributed by atoms with van der Waals surface area (Å²) in [7, 11) is 0. The first-order chi connectivity index (χ1) is 10.1. The van der Waals surface area contributed by atoms with Crippen molar-refractivity contribution in [3.63, 3.8) is 0 Å². The summed E-state index contributed by atoms with van der Waals surface area (Å²) in [6.45, 7) is 4.11. The second-order valence-electron chi connectivity index (χ2n) is 5.59. The van der Waals surface area contributed by atoms with E-state index in [0.29, 0.717) is 5.69 Å². The van der Waals surface area contributed by atoms with Crippen molar-refractivity contribution < 1.29 is 4.79 Å². The van der Waals surface area contributed by atoms with Crippen molar-refractivity contribution in [3.8, 4) is 0 Å². The summed E-state index contributed by atoms with van der Waals surface area (Å²) in [5.41, 5.74) is 14.4. The monoisotopic (exact) mass is 304 g/mol. The van der Waals surface area contributed by atoms with E-state index < -0.39 is 0 Å². The average molecular weight is 304 g/mol. The highest BCUT2D eigenvalue weighted by Crippen LogP contribution is 2.40. The van der Waals surface area contributed by atoms with Crippen LogP contribution in [0.3, 0.4) is 0 Å². The van der Waals surface area contributed by atoms with Crippen LogP contribution in [0.5, 0.6) is 0 Å². The van der Waals surface area contributed by atoms with Crippen LogP contribution < -0.4 is 16.4 Å². The highest BCUT2D eigenvalue weighted by Gasteiger charge is 2.20. The van der Waals surface area contributed by atoms with Crippen LogP contribution in [0.2, 0.25) is 0 Å². The van der Waals surface area contributed by atoms with E-state index >= 15 is 0 Å². The lowest BCUT2D eigenvalue weighted by Crippen LogP contribution is -2.29. The van der Waals surface area contributed by atoms with Crippen LogP contribution in [0.25, 0.3) is 10.2 Å². The molecular formula is C15H20N4OS. The molecule has 0 bridgehead atoms. The van der Waals surface area contributed by atoms with E-state index in [0.717, 1.165) is 39.6 Å². The van der Waals surface area contributed by atoms with Crippen molar-refractivity contribution in [2.75, 3.05) is 23.7 Å². The molecule has 1 fully saturated rings. The van der Waals surface area contributed by atoms with Crippen LogP contribution >= 0.6 is 11.3 Å². The minimum Gasteiger partial charge on any atom is -0.397 e. The third-order valence-electron chi connectivity index (χ3n) is 3.91. The summed E-state index contributed by atoms with van der Waals surface area (Å²) in [5.74, 6) is -0.357. The highest BCUT2D eigenvalue weighted by atomic mass is 32.1. The van der Waals surface area contributed by atoms with Crippen molar-refractivity contribution in [1.29, 1.82) is 0 Å². The molecule has 0 radical (unpaired) electrons. The molecule has 0 atom stereocenters. The number of carbonyl (C=O) groups excluding carboxylic acids is 1. The number of nitrogens with two attached hydrogens (primary N) is 2. The number of hydrogen-bond donors (Lipinski definition) is 2. The van der Waals surface area contributed by atoms with Gasteiger partial charge in [0.25, 0.3) is 0 Å². The van der Waals surface area contributed by atoms with Crippen LogP contribution in [0.4, 0.5) is 11.4 Å². The third kappa shape index (κ3) is 2.68. The van der Waals surface area contributed by atoms with E-state index in [4.69, 9.17) is 11.5 Å². The molecule has 112 valence electrons. The van der Waals surface area contributed by atoms with Gasteiger partial charge < -0.3 is 16.4 Å². The number of pyridine rings is 1. The quantitative estimate of drug-likeness (QED) is 0.910. The first kappa shape index (κ1) is 14.1. The van der Waals surface area contributed by atoms with Gasteiger partial charge in [-0.3, -0.25) is 4.79 Å². The minimum absolute atomic E-state index is 0.186. The molecule has 3 rings (SSSR count). The molecule has 0 aromatic carbocycles. The summed E-state index contributed by atoms with van der Waals surface area (Å²) >= 11 is 1.48. The van der Waals surface area contributed by atoms with Crippen LogP contribution in [-0.2, 0) is 11.2 Å². The Hall–Kier alpha value is -1.82. The fourth-order valence-corrected chi connectivity index (χ4v) is 4.11. The molecular weight excluding hydrogens is 284 g/mol. The smallest absolute Gasteiger partial charge is 0.222 e. The van der Waals surface area contributed by atoms with Gasteiger partial charge in [-0.2, -0.15) is 0 Å². The SMILES string of the molecule is Cc1cc(N2CCCCC2)c2c(N)c(CC(N)=O)sc2n1. The predicted octanol–water partition coefficient (Wildman–Crippen LogP) is 2.21. The van der Waals surface area contributed by atoms with Crippen LogP contribution in [0.1, 0.15) is 29.8 Å². The predicted molar refractivity (Wildman–Crippen MR) is 87.7 cm³/mol. The van der Waals surface area contributed by atoms with Crippen molar-refractivity contribution in [2.24, 2.45) is 5.73 Å². The largest absolute Gasteiger partial charge is 0.397 e. The molecule has 1 amide bonds. The zero-order chi connectivity index (χ0) is 15.0. The molecule has 1 aliphatic rings. The van der Waals surface area contributed by atoms with Gasteiger partial charge in [0.2, 0.25) is 5.91 Å². The maximum absolute atomic E-state index is 11.2. The highest BCUT2D eigenvalue weighted by molar-refractivity contribution is 7.19. The van der Waals surface area contributed by atoms with E-state index in [1.807, 2.05) is 6.92 Å². The van der Waals surface area contributed by atoms with Crippen molar-refractivity contribution >= 4 is 38.8 Å². The average Bonchev–Trinajstić information content (AvgIpc) is 2.74. The molecule has 2 aromatic rings. The van der Waals surface area contributed by atoms with Gasteiger partial charge in [-0.05, 0) is 32.3 Å². The van der Waals surface area contributed by atoms with E-state index in [2.05, 4.69) is 16.0 Å². The number of aryl methyl sites for hydroxylation is 1. The Labute approximate surface area is 127 Å². The fraction of sp³-hybridized carbons (Fsp3) is 0.467. The van der Waals surface area contributed by atoms with E-state index in [9.17, 15) is 4.79 Å². The Balaban J connectivity index is 2.13. The number of nitrogens with zero attached hydrogens (tertiary/aromatic N) is 2. The molecule has 4 N–H and O–H groups in total. The number of anilines is 2. The summed E-state index contributed by atoms with van der Waals surface area (Å²) in [5, 5.41) is 0.990.